The molecular weight excluding hydrogens is 278 g/mol. The predicted molar refractivity (Wildman–Crippen MR) is 77.2 cm³/mol. The SMILES string of the molecule is CN(C)S(=O)(=O)c1cccc(-c2cnc(N)nc2N)c1. The zero-order valence-corrected chi connectivity index (χ0v) is 11.9. The average Bonchev–Trinajstić information content (AvgIpc) is 2.38. The largest absolute Gasteiger partial charge is 0.383 e. The van der Waals surface area contributed by atoms with E-state index in [2.05, 4.69) is 9.97 Å². The fraction of sp³-hybridized carbons (Fsp3) is 0.167. The molecule has 0 saturated carbocycles. The van der Waals surface area contributed by atoms with E-state index in [9.17, 15) is 8.42 Å². The van der Waals surface area contributed by atoms with Crippen LogP contribution in [0, 0.1) is 0 Å². The minimum Gasteiger partial charge on any atom is -0.383 e. The summed E-state index contributed by atoms with van der Waals surface area (Å²) < 4.78 is 25.3. The van der Waals surface area contributed by atoms with Crippen molar-refractivity contribution in [1.82, 2.24) is 14.3 Å². The molecule has 1 heterocycles. The maximum atomic E-state index is 12.1. The molecule has 1 aromatic heterocycles. The van der Waals surface area contributed by atoms with E-state index in [0.717, 1.165) is 4.31 Å². The number of hydrogen-bond donors (Lipinski definition) is 2. The lowest BCUT2D eigenvalue weighted by molar-refractivity contribution is 0.521. The van der Waals surface area contributed by atoms with Crippen LogP contribution in [-0.4, -0.2) is 36.8 Å². The van der Waals surface area contributed by atoms with Gasteiger partial charge in [-0.1, -0.05) is 12.1 Å². The number of hydrogen-bond acceptors (Lipinski definition) is 6. The molecule has 106 valence electrons. The first-order valence-electron chi connectivity index (χ1n) is 5.73. The van der Waals surface area contributed by atoms with E-state index >= 15 is 0 Å². The van der Waals surface area contributed by atoms with E-state index in [1.165, 1.54) is 32.4 Å². The summed E-state index contributed by atoms with van der Waals surface area (Å²) in [5.74, 6) is 0.278. The van der Waals surface area contributed by atoms with Crippen molar-refractivity contribution in [2.45, 2.75) is 4.90 Å². The lowest BCUT2D eigenvalue weighted by Crippen LogP contribution is -2.22. The van der Waals surface area contributed by atoms with Gasteiger partial charge in [-0.2, -0.15) is 4.98 Å². The van der Waals surface area contributed by atoms with Crippen molar-refractivity contribution in [2.75, 3.05) is 25.6 Å². The van der Waals surface area contributed by atoms with Crippen LogP contribution in [0.5, 0.6) is 0 Å². The molecule has 2 rings (SSSR count). The zero-order chi connectivity index (χ0) is 14.9. The summed E-state index contributed by atoms with van der Waals surface area (Å²) in [6.45, 7) is 0. The maximum absolute atomic E-state index is 12.1. The molecule has 0 aliphatic heterocycles. The van der Waals surface area contributed by atoms with E-state index in [0.29, 0.717) is 11.1 Å². The summed E-state index contributed by atoms with van der Waals surface area (Å²) in [4.78, 5) is 7.91. The zero-order valence-electron chi connectivity index (χ0n) is 11.1. The Balaban J connectivity index is 2.56. The van der Waals surface area contributed by atoms with Crippen molar-refractivity contribution in [2.24, 2.45) is 0 Å². The summed E-state index contributed by atoms with van der Waals surface area (Å²) >= 11 is 0. The number of sulfonamides is 1. The Bertz CT molecular complexity index is 743. The Morgan fingerprint density at radius 3 is 2.50 bits per heavy atom. The molecule has 0 amide bonds. The Morgan fingerprint density at radius 2 is 1.90 bits per heavy atom. The van der Waals surface area contributed by atoms with E-state index < -0.39 is 10.0 Å². The van der Waals surface area contributed by atoms with E-state index in [4.69, 9.17) is 11.5 Å². The van der Waals surface area contributed by atoms with E-state index in [1.54, 1.807) is 12.1 Å². The van der Waals surface area contributed by atoms with Crippen molar-refractivity contribution >= 4 is 21.8 Å². The molecule has 0 atom stereocenters. The molecule has 0 aliphatic carbocycles. The summed E-state index contributed by atoms with van der Waals surface area (Å²) in [7, 11) is -0.552. The van der Waals surface area contributed by atoms with Crippen LogP contribution in [0.15, 0.2) is 35.4 Å². The molecule has 0 radical (unpaired) electrons. The third-order valence-electron chi connectivity index (χ3n) is 2.76. The first-order chi connectivity index (χ1) is 9.32. The fourth-order valence-electron chi connectivity index (χ4n) is 1.67. The average molecular weight is 293 g/mol. The number of rotatable bonds is 3. The summed E-state index contributed by atoms with van der Waals surface area (Å²) in [5, 5.41) is 0. The Morgan fingerprint density at radius 1 is 1.20 bits per heavy atom. The van der Waals surface area contributed by atoms with Gasteiger partial charge in [0.2, 0.25) is 16.0 Å². The van der Waals surface area contributed by atoms with Gasteiger partial charge < -0.3 is 11.5 Å². The van der Waals surface area contributed by atoms with Crippen molar-refractivity contribution in [3.05, 3.63) is 30.5 Å². The van der Waals surface area contributed by atoms with Gasteiger partial charge >= 0.3 is 0 Å². The minimum absolute atomic E-state index is 0.0725. The van der Waals surface area contributed by atoms with Crippen LogP contribution in [0.25, 0.3) is 11.1 Å². The van der Waals surface area contributed by atoms with Gasteiger partial charge in [0, 0.05) is 25.9 Å². The van der Waals surface area contributed by atoms with Crippen molar-refractivity contribution in [3.8, 4) is 11.1 Å². The summed E-state index contributed by atoms with van der Waals surface area (Å²) in [5.41, 5.74) is 12.4. The highest BCUT2D eigenvalue weighted by molar-refractivity contribution is 7.89. The normalized spacial score (nSPS) is 11.8. The quantitative estimate of drug-likeness (QED) is 0.854. The van der Waals surface area contributed by atoms with Crippen LogP contribution < -0.4 is 11.5 Å². The Labute approximate surface area is 117 Å². The molecular formula is C12H15N5O2S. The van der Waals surface area contributed by atoms with Gasteiger partial charge in [0.25, 0.3) is 0 Å². The van der Waals surface area contributed by atoms with Gasteiger partial charge in [-0.15, -0.1) is 0 Å². The molecule has 2 aromatic rings. The molecule has 0 bridgehead atoms. The molecule has 4 N–H and O–H groups in total. The Kier molecular flexibility index (Phi) is 3.60. The molecule has 8 heteroatoms. The van der Waals surface area contributed by atoms with E-state index in [1.807, 2.05) is 0 Å². The number of benzene rings is 1. The highest BCUT2D eigenvalue weighted by atomic mass is 32.2. The van der Waals surface area contributed by atoms with Crippen LogP contribution in [0.4, 0.5) is 11.8 Å². The highest BCUT2D eigenvalue weighted by Gasteiger charge is 2.18. The molecule has 0 aliphatic rings. The van der Waals surface area contributed by atoms with Crippen LogP contribution in [0.1, 0.15) is 0 Å². The molecule has 20 heavy (non-hydrogen) atoms. The second kappa shape index (κ2) is 5.06. The lowest BCUT2D eigenvalue weighted by atomic mass is 10.1. The first kappa shape index (κ1) is 14.2. The number of nitrogens with zero attached hydrogens (tertiary/aromatic N) is 3. The minimum atomic E-state index is -3.50. The van der Waals surface area contributed by atoms with Crippen molar-refractivity contribution in [1.29, 1.82) is 0 Å². The molecule has 0 unspecified atom stereocenters. The van der Waals surface area contributed by atoms with Gasteiger partial charge in [0.15, 0.2) is 0 Å². The molecule has 0 spiro atoms. The topological polar surface area (TPSA) is 115 Å². The standard InChI is InChI=1S/C12H15N5O2S/c1-17(2)20(18,19)9-5-3-4-8(6-9)10-7-15-12(14)16-11(10)13/h3-7H,1-2H3,(H4,13,14,15,16). The molecule has 7 nitrogen and oxygen atoms in total. The predicted octanol–water partition coefficient (Wildman–Crippen LogP) is 0.558. The third kappa shape index (κ3) is 2.56. The summed E-state index contributed by atoms with van der Waals surface area (Å²) in [6, 6.07) is 6.43. The number of nitrogens with two attached hydrogens (primary N) is 2. The number of aromatic nitrogens is 2. The molecule has 0 fully saturated rings. The van der Waals surface area contributed by atoms with Gasteiger partial charge in [0.05, 0.1) is 4.90 Å². The summed E-state index contributed by atoms with van der Waals surface area (Å²) in [6.07, 6.45) is 1.47. The third-order valence-corrected chi connectivity index (χ3v) is 4.57. The van der Waals surface area contributed by atoms with Crippen LogP contribution >= 0.6 is 0 Å². The maximum Gasteiger partial charge on any atom is 0.242 e. The van der Waals surface area contributed by atoms with Crippen LogP contribution in [-0.2, 0) is 10.0 Å². The Hall–Kier alpha value is -2.19. The van der Waals surface area contributed by atoms with Gasteiger partial charge in [0.1, 0.15) is 5.82 Å². The van der Waals surface area contributed by atoms with Crippen molar-refractivity contribution < 1.29 is 8.42 Å². The van der Waals surface area contributed by atoms with Gasteiger partial charge in [-0.3, -0.25) is 0 Å². The monoisotopic (exact) mass is 293 g/mol. The lowest BCUT2D eigenvalue weighted by Gasteiger charge is -2.12. The second-order valence-corrected chi connectivity index (χ2v) is 6.49. The highest BCUT2D eigenvalue weighted by Crippen LogP contribution is 2.26. The molecule has 0 saturated heterocycles. The van der Waals surface area contributed by atoms with E-state index in [-0.39, 0.29) is 16.7 Å². The number of anilines is 2. The molecule has 1 aromatic carbocycles. The first-order valence-corrected chi connectivity index (χ1v) is 7.17. The smallest absolute Gasteiger partial charge is 0.242 e. The number of nitrogen functional groups attached to an aromatic ring is 2. The second-order valence-electron chi connectivity index (χ2n) is 4.34. The van der Waals surface area contributed by atoms with Crippen LogP contribution in [0.2, 0.25) is 0 Å². The van der Waals surface area contributed by atoms with Crippen LogP contribution in [0.3, 0.4) is 0 Å². The van der Waals surface area contributed by atoms with Gasteiger partial charge in [-0.25, -0.2) is 17.7 Å². The fourth-order valence-corrected chi connectivity index (χ4v) is 2.61. The van der Waals surface area contributed by atoms with Gasteiger partial charge in [-0.05, 0) is 17.7 Å². The van der Waals surface area contributed by atoms with Crippen molar-refractivity contribution in [3.63, 3.8) is 0 Å².